The summed E-state index contributed by atoms with van der Waals surface area (Å²) < 4.78 is 26.0. The van der Waals surface area contributed by atoms with Crippen LogP contribution >= 0.6 is 0 Å². The zero-order chi connectivity index (χ0) is 29.1. The zero-order valence-electron chi connectivity index (χ0n) is 21.9. The molecule has 42 heavy (non-hydrogen) atoms. The highest BCUT2D eigenvalue weighted by atomic mass is 16.7. The topological polar surface area (TPSA) is 163 Å². The molecule has 0 bridgehead atoms. The van der Waals surface area contributed by atoms with E-state index in [9.17, 15) is 14.4 Å². The first-order valence-corrected chi connectivity index (χ1v) is 12.9. The van der Waals surface area contributed by atoms with Gasteiger partial charge in [0, 0.05) is 0 Å². The molecule has 0 aliphatic carbocycles. The Kier molecular flexibility index (Phi) is 7.30. The van der Waals surface area contributed by atoms with Gasteiger partial charge in [-0.25, -0.2) is 19.1 Å². The van der Waals surface area contributed by atoms with Gasteiger partial charge in [0.1, 0.15) is 19.0 Å². The van der Waals surface area contributed by atoms with Gasteiger partial charge in [0.2, 0.25) is 11.4 Å². The van der Waals surface area contributed by atoms with Crippen LogP contribution in [0.2, 0.25) is 0 Å². The van der Waals surface area contributed by atoms with Gasteiger partial charge in [-0.2, -0.15) is 14.6 Å². The van der Waals surface area contributed by atoms with Gasteiger partial charge in [0.15, 0.2) is 18.4 Å². The molecule has 5 aromatic rings. The second-order valence-corrected chi connectivity index (χ2v) is 9.30. The Morgan fingerprint density at radius 3 is 1.86 bits per heavy atom. The molecule has 2 N–H and O–H groups in total. The molecule has 13 nitrogen and oxygen atoms in total. The number of hydrogen-bond acceptors (Lipinski definition) is 10. The summed E-state index contributed by atoms with van der Waals surface area (Å²) in [5.74, 6) is -1.80. The molecular formula is C29H24N6O7. The fourth-order valence-electron chi connectivity index (χ4n) is 4.58. The number of hydrogen-bond donors (Lipinski definition) is 2. The number of esters is 3. The van der Waals surface area contributed by atoms with Crippen molar-refractivity contribution in [1.82, 2.24) is 24.4 Å². The lowest BCUT2D eigenvalue weighted by Gasteiger charge is -2.24. The molecule has 4 unspecified atom stereocenters. The van der Waals surface area contributed by atoms with Crippen LogP contribution < -0.4 is 5.62 Å². The number of aromatic nitrogens is 5. The lowest BCUT2D eigenvalue weighted by atomic mass is 10.1. The number of ether oxygens (including phenoxy) is 4. The second-order valence-electron chi connectivity index (χ2n) is 9.30. The molecule has 1 aliphatic heterocycles. The Labute approximate surface area is 237 Å². The fourth-order valence-corrected chi connectivity index (χ4v) is 4.58. The maximum absolute atomic E-state index is 13.2. The normalized spacial score (nSPS) is 19.8. The smallest absolute Gasteiger partial charge is 0.338 e. The van der Waals surface area contributed by atoms with E-state index in [0.29, 0.717) is 5.56 Å². The zero-order valence-corrected chi connectivity index (χ0v) is 21.9. The summed E-state index contributed by atoms with van der Waals surface area (Å²) in [5.41, 5.74) is 0.646. The SMILES string of the molecule is N=c1n(C2OC(COC(=O)c3ccccc3)C(OC(=O)c3ccccc3)C2OC(=O)c2ccccc2)[nH]c2ncnn12. The summed E-state index contributed by atoms with van der Waals surface area (Å²) in [4.78, 5) is 43.3. The third kappa shape index (κ3) is 5.28. The van der Waals surface area contributed by atoms with Crippen LogP contribution in [0.3, 0.4) is 0 Å². The Morgan fingerprint density at radius 1 is 0.786 bits per heavy atom. The molecule has 212 valence electrons. The third-order valence-corrected chi connectivity index (χ3v) is 6.63. The van der Waals surface area contributed by atoms with E-state index >= 15 is 0 Å². The number of aromatic amines is 1. The van der Waals surface area contributed by atoms with Crippen LogP contribution in [0, 0.1) is 5.41 Å². The van der Waals surface area contributed by atoms with Crippen molar-refractivity contribution in [3.63, 3.8) is 0 Å². The van der Waals surface area contributed by atoms with Crippen molar-refractivity contribution < 1.29 is 33.3 Å². The first-order valence-electron chi connectivity index (χ1n) is 12.9. The minimum atomic E-state index is -1.27. The third-order valence-electron chi connectivity index (χ3n) is 6.63. The number of carbonyl (C=O) groups excluding carboxylic acids is 3. The van der Waals surface area contributed by atoms with Crippen molar-refractivity contribution in [2.45, 2.75) is 24.5 Å². The first kappa shape index (κ1) is 26.7. The van der Waals surface area contributed by atoms with Crippen molar-refractivity contribution in [2.75, 3.05) is 6.61 Å². The van der Waals surface area contributed by atoms with E-state index in [1.807, 2.05) is 0 Å². The Morgan fingerprint density at radius 2 is 1.31 bits per heavy atom. The van der Waals surface area contributed by atoms with Crippen LogP contribution in [0.25, 0.3) is 5.78 Å². The molecule has 1 saturated heterocycles. The van der Waals surface area contributed by atoms with Crippen LogP contribution in [-0.4, -0.2) is 67.2 Å². The van der Waals surface area contributed by atoms with Gasteiger partial charge in [-0.15, -0.1) is 0 Å². The Balaban J connectivity index is 1.36. The number of H-pyrrole nitrogens is 1. The largest absolute Gasteiger partial charge is 0.459 e. The lowest BCUT2D eigenvalue weighted by molar-refractivity contribution is -0.0692. The molecule has 1 aliphatic rings. The minimum absolute atomic E-state index is 0.177. The van der Waals surface area contributed by atoms with Crippen molar-refractivity contribution in [2.24, 2.45) is 0 Å². The number of fused-ring (bicyclic) bond motifs is 1. The van der Waals surface area contributed by atoms with Crippen LogP contribution in [0.15, 0.2) is 97.3 Å². The van der Waals surface area contributed by atoms with Gasteiger partial charge in [-0.1, -0.05) is 54.6 Å². The van der Waals surface area contributed by atoms with Gasteiger partial charge in [0.25, 0.3) is 0 Å². The fraction of sp³-hybridized carbons (Fsp3) is 0.172. The van der Waals surface area contributed by atoms with Gasteiger partial charge < -0.3 is 18.9 Å². The highest BCUT2D eigenvalue weighted by Gasteiger charge is 2.52. The Bertz CT molecular complexity index is 1770. The van der Waals surface area contributed by atoms with Gasteiger partial charge in [0.05, 0.1) is 16.7 Å². The van der Waals surface area contributed by atoms with Gasteiger partial charge in [-0.3, -0.25) is 10.5 Å². The maximum Gasteiger partial charge on any atom is 0.338 e. The van der Waals surface area contributed by atoms with Crippen molar-refractivity contribution in [3.8, 4) is 0 Å². The summed E-state index contributed by atoms with van der Waals surface area (Å²) in [5, 5.41) is 15.5. The van der Waals surface area contributed by atoms with Crippen molar-refractivity contribution >= 4 is 23.7 Å². The predicted octanol–water partition coefficient (Wildman–Crippen LogP) is 2.54. The van der Waals surface area contributed by atoms with Crippen LogP contribution in [-0.2, 0) is 18.9 Å². The van der Waals surface area contributed by atoms with E-state index in [4.69, 9.17) is 24.4 Å². The van der Waals surface area contributed by atoms with E-state index in [2.05, 4.69) is 15.2 Å². The molecule has 0 amide bonds. The van der Waals surface area contributed by atoms with E-state index in [-0.39, 0.29) is 29.1 Å². The van der Waals surface area contributed by atoms with E-state index in [1.165, 1.54) is 15.5 Å². The molecule has 2 aromatic heterocycles. The lowest BCUT2D eigenvalue weighted by Crippen LogP contribution is -2.42. The number of benzene rings is 3. The molecule has 0 radical (unpaired) electrons. The summed E-state index contributed by atoms with van der Waals surface area (Å²) in [7, 11) is 0. The van der Waals surface area contributed by atoms with E-state index in [0.717, 1.165) is 0 Å². The Hall–Kier alpha value is -5.56. The molecule has 1 fully saturated rings. The van der Waals surface area contributed by atoms with Crippen LogP contribution in [0.1, 0.15) is 37.3 Å². The van der Waals surface area contributed by atoms with Crippen molar-refractivity contribution in [3.05, 3.63) is 120 Å². The number of nitrogens with zero attached hydrogens (tertiary/aromatic N) is 4. The van der Waals surface area contributed by atoms with Gasteiger partial charge in [-0.05, 0) is 36.4 Å². The molecule has 3 aromatic carbocycles. The monoisotopic (exact) mass is 568 g/mol. The predicted molar refractivity (Wildman–Crippen MR) is 143 cm³/mol. The highest BCUT2D eigenvalue weighted by Crippen LogP contribution is 2.34. The first-order chi connectivity index (χ1) is 20.5. The average Bonchev–Trinajstić information content (AvgIpc) is 3.72. The molecule has 4 atom stereocenters. The van der Waals surface area contributed by atoms with Gasteiger partial charge >= 0.3 is 17.9 Å². The second kappa shape index (κ2) is 11.5. The quantitative estimate of drug-likeness (QED) is 0.212. The van der Waals surface area contributed by atoms with E-state index < -0.39 is 42.4 Å². The summed E-state index contributed by atoms with van der Waals surface area (Å²) >= 11 is 0. The summed E-state index contributed by atoms with van der Waals surface area (Å²) in [6.07, 6.45) is -3.54. The minimum Gasteiger partial charge on any atom is -0.459 e. The standard InChI is InChI=1S/C29H24N6O7/c30-28-34(33-29-31-17-32-35(28)29)24-23(42-27(38)20-14-8-3-9-15-20)22(41-26(37)19-12-6-2-7-13-19)21(40-24)16-39-25(36)18-10-4-1-5-11-18/h1-15,17,21-24,30H,16H2,(H,31,32,33). The van der Waals surface area contributed by atoms with Crippen LogP contribution in [0.5, 0.6) is 0 Å². The molecular weight excluding hydrogens is 544 g/mol. The molecule has 3 heterocycles. The number of carbonyl (C=O) groups is 3. The summed E-state index contributed by atoms with van der Waals surface area (Å²) in [6.45, 7) is -0.347. The molecule has 0 spiro atoms. The number of rotatable bonds is 8. The highest BCUT2D eigenvalue weighted by molar-refractivity contribution is 5.91. The van der Waals surface area contributed by atoms with Crippen LogP contribution in [0.4, 0.5) is 0 Å². The number of nitrogens with one attached hydrogen (secondary N) is 2. The van der Waals surface area contributed by atoms with E-state index in [1.54, 1.807) is 91.0 Å². The summed E-state index contributed by atoms with van der Waals surface area (Å²) in [6, 6.07) is 24.9. The molecule has 0 saturated carbocycles. The molecule has 13 heteroatoms. The average molecular weight is 569 g/mol. The van der Waals surface area contributed by atoms with Crippen molar-refractivity contribution in [1.29, 1.82) is 5.41 Å². The molecule has 6 rings (SSSR count). The maximum atomic E-state index is 13.2.